The maximum Gasteiger partial charge on any atom is 0.273 e. The van der Waals surface area contributed by atoms with Gasteiger partial charge in [-0.3, -0.25) is 4.79 Å². The van der Waals surface area contributed by atoms with Crippen molar-refractivity contribution in [2.24, 2.45) is 5.10 Å². The number of carbonyl (C=O) groups excluding carboxylic acids is 1. The summed E-state index contributed by atoms with van der Waals surface area (Å²) >= 11 is 0. The van der Waals surface area contributed by atoms with E-state index in [9.17, 15) is 4.79 Å². The molecule has 4 aromatic carbocycles. The van der Waals surface area contributed by atoms with Crippen molar-refractivity contribution in [1.29, 1.82) is 0 Å². The predicted octanol–water partition coefficient (Wildman–Crippen LogP) is 5.07. The van der Waals surface area contributed by atoms with E-state index in [-0.39, 0.29) is 5.91 Å². The van der Waals surface area contributed by atoms with Crippen LogP contribution in [-0.4, -0.2) is 12.1 Å². The molecule has 31 heavy (non-hydrogen) atoms. The Morgan fingerprint density at radius 1 is 0.968 bits per heavy atom. The van der Waals surface area contributed by atoms with Gasteiger partial charge in [-0.1, -0.05) is 66.7 Å². The number of hydrogen-bond acceptors (Lipinski definition) is 4. The number of amides is 1. The van der Waals surface area contributed by atoms with E-state index in [1.54, 1.807) is 30.5 Å². The van der Waals surface area contributed by atoms with E-state index in [0.29, 0.717) is 23.6 Å². The highest BCUT2D eigenvalue weighted by Crippen LogP contribution is 2.27. The number of anilines is 1. The first kappa shape index (κ1) is 20.2. The van der Waals surface area contributed by atoms with Crippen LogP contribution in [0.2, 0.25) is 0 Å². The number of nitrogens with one attached hydrogen (secondary N) is 1. The SMILES string of the molecule is Cc1ccccc1COc1ccc2ccccc2c1/C=N/NC(=O)c1ccccc1N. The molecular formula is C26H23N3O2. The van der Waals surface area contributed by atoms with Crippen LogP contribution in [0, 0.1) is 6.92 Å². The van der Waals surface area contributed by atoms with Gasteiger partial charge in [0.1, 0.15) is 12.4 Å². The molecule has 4 rings (SSSR count). The quantitative estimate of drug-likeness (QED) is 0.265. The Hall–Kier alpha value is -4.12. The fraction of sp³-hybridized carbons (Fsp3) is 0.0769. The molecule has 0 spiro atoms. The second kappa shape index (κ2) is 9.13. The van der Waals surface area contributed by atoms with Crippen LogP contribution >= 0.6 is 0 Å². The molecule has 0 bridgehead atoms. The van der Waals surface area contributed by atoms with E-state index < -0.39 is 0 Å². The summed E-state index contributed by atoms with van der Waals surface area (Å²) < 4.78 is 6.15. The monoisotopic (exact) mass is 409 g/mol. The van der Waals surface area contributed by atoms with Gasteiger partial charge in [0.05, 0.1) is 11.8 Å². The van der Waals surface area contributed by atoms with Crippen LogP contribution in [0.15, 0.2) is 90.0 Å². The van der Waals surface area contributed by atoms with Crippen LogP contribution in [0.5, 0.6) is 5.75 Å². The maximum absolute atomic E-state index is 12.4. The third-order valence-corrected chi connectivity index (χ3v) is 5.14. The van der Waals surface area contributed by atoms with Crippen LogP contribution in [0.4, 0.5) is 5.69 Å². The Bertz CT molecular complexity index is 1260. The predicted molar refractivity (Wildman–Crippen MR) is 125 cm³/mol. The third-order valence-electron chi connectivity index (χ3n) is 5.14. The Morgan fingerprint density at radius 3 is 2.55 bits per heavy atom. The third kappa shape index (κ3) is 4.56. The molecule has 0 saturated carbocycles. The number of fused-ring (bicyclic) bond motifs is 1. The number of benzene rings is 4. The van der Waals surface area contributed by atoms with Crippen LogP contribution in [0.25, 0.3) is 10.8 Å². The normalized spacial score (nSPS) is 11.0. The van der Waals surface area contributed by atoms with Crippen molar-refractivity contribution in [3.8, 4) is 5.75 Å². The lowest BCUT2D eigenvalue weighted by molar-refractivity contribution is 0.0956. The van der Waals surface area contributed by atoms with E-state index in [2.05, 4.69) is 29.6 Å². The number of nitrogens with two attached hydrogens (primary N) is 1. The molecular weight excluding hydrogens is 386 g/mol. The van der Waals surface area contributed by atoms with Crippen molar-refractivity contribution in [2.45, 2.75) is 13.5 Å². The second-order valence-corrected chi connectivity index (χ2v) is 7.20. The van der Waals surface area contributed by atoms with Gasteiger partial charge in [0.15, 0.2) is 0 Å². The topological polar surface area (TPSA) is 76.7 Å². The molecule has 0 unspecified atom stereocenters. The number of ether oxygens (including phenoxy) is 1. The first-order valence-electron chi connectivity index (χ1n) is 10.0. The van der Waals surface area contributed by atoms with E-state index >= 15 is 0 Å². The number of hydrogen-bond donors (Lipinski definition) is 2. The van der Waals surface area contributed by atoms with Gasteiger partial charge in [-0.25, -0.2) is 5.43 Å². The molecule has 4 aromatic rings. The molecule has 3 N–H and O–H groups in total. The smallest absolute Gasteiger partial charge is 0.273 e. The highest BCUT2D eigenvalue weighted by molar-refractivity contribution is 6.03. The minimum atomic E-state index is -0.364. The minimum absolute atomic E-state index is 0.364. The lowest BCUT2D eigenvalue weighted by Gasteiger charge is -2.13. The van der Waals surface area contributed by atoms with Crippen LogP contribution in [0.1, 0.15) is 27.0 Å². The second-order valence-electron chi connectivity index (χ2n) is 7.20. The Morgan fingerprint density at radius 2 is 1.71 bits per heavy atom. The molecule has 154 valence electrons. The summed E-state index contributed by atoms with van der Waals surface area (Å²) in [6.45, 7) is 2.50. The minimum Gasteiger partial charge on any atom is -0.488 e. The zero-order chi connectivity index (χ0) is 21.6. The number of nitrogens with zero attached hydrogens (tertiary/aromatic N) is 1. The summed E-state index contributed by atoms with van der Waals surface area (Å²) in [5, 5.41) is 6.23. The zero-order valence-electron chi connectivity index (χ0n) is 17.2. The first-order valence-corrected chi connectivity index (χ1v) is 10.0. The summed E-state index contributed by atoms with van der Waals surface area (Å²) in [6.07, 6.45) is 1.62. The average Bonchev–Trinajstić information content (AvgIpc) is 2.79. The Balaban J connectivity index is 1.61. The fourth-order valence-electron chi connectivity index (χ4n) is 3.38. The highest BCUT2D eigenvalue weighted by atomic mass is 16.5. The molecule has 0 saturated heterocycles. The number of carbonyl (C=O) groups is 1. The molecule has 0 aliphatic rings. The van der Waals surface area contributed by atoms with Gasteiger partial charge in [-0.15, -0.1) is 0 Å². The van der Waals surface area contributed by atoms with Crippen molar-refractivity contribution in [3.05, 3.63) is 107 Å². The van der Waals surface area contributed by atoms with E-state index in [0.717, 1.165) is 21.9 Å². The van der Waals surface area contributed by atoms with Crippen molar-refractivity contribution in [2.75, 3.05) is 5.73 Å². The lowest BCUT2D eigenvalue weighted by Crippen LogP contribution is -2.19. The molecule has 0 aliphatic heterocycles. The van der Waals surface area contributed by atoms with Crippen molar-refractivity contribution < 1.29 is 9.53 Å². The number of hydrazone groups is 1. The largest absolute Gasteiger partial charge is 0.488 e. The Kier molecular flexibility index (Phi) is 5.94. The van der Waals surface area contributed by atoms with Gasteiger partial charge in [0.2, 0.25) is 0 Å². The van der Waals surface area contributed by atoms with E-state index in [4.69, 9.17) is 10.5 Å². The summed E-state index contributed by atoms with van der Waals surface area (Å²) in [4.78, 5) is 12.4. The van der Waals surface area contributed by atoms with Crippen LogP contribution < -0.4 is 15.9 Å². The van der Waals surface area contributed by atoms with Crippen LogP contribution in [0.3, 0.4) is 0 Å². The molecule has 0 radical (unpaired) electrons. The lowest BCUT2D eigenvalue weighted by atomic mass is 10.0. The van der Waals surface area contributed by atoms with Crippen LogP contribution in [-0.2, 0) is 6.61 Å². The van der Waals surface area contributed by atoms with Gasteiger partial charge in [0, 0.05) is 11.3 Å². The molecule has 5 nitrogen and oxygen atoms in total. The number of para-hydroxylation sites is 1. The summed E-state index contributed by atoms with van der Waals surface area (Å²) in [7, 11) is 0. The maximum atomic E-state index is 12.4. The molecule has 0 fully saturated rings. The Labute approximate surface area is 181 Å². The molecule has 0 aromatic heterocycles. The van der Waals surface area contributed by atoms with Gasteiger partial charge in [-0.05, 0) is 47.0 Å². The fourth-order valence-corrected chi connectivity index (χ4v) is 3.38. The van der Waals surface area contributed by atoms with Crippen molar-refractivity contribution >= 4 is 28.6 Å². The van der Waals surface area contributed by atoms with Gasteiger partial charge >= 0.3 is 0 Å². The summed E-state index contributed by atoms with van der Waals surface area (Å²) in [5.74, 6) is 0.330. The molecule has 0 heterocycles. The number of aryl methyl sites for hydroxylation is 1. The standard InChI is InChI=1S/C26H23N3O2/c1-18-8-2-3-10-20(18)17-31-25-15-14-19-9-4-5-11-21(19)23(25)16-28-29-26(30)22-12-6-7-13-24(22)27/h2-16H,17,27H2,1H3,(H,29,30)/b28-16+. The molecule has 0 atom stereocenters. The molecule has 1 amide bonds. The first-order chi connectivity index (χ1) is 15.1. The molecule has 0 aliphatic carbocycles. The van der Waals surface area contributed by atoms with Crippen molar-refractivity contribution in [1.82, 2.24) is 5.43 Å². The van der Waals surface area contributed by atoms with Gasteiger partial charge in [-0.2, -0.15) is 5.10 Å². The zero-order valence-corrected chi connectivity index (χ0v) is 17.2. The number of rotatable bonds is 6. The molecule has 5 heteroatoms. The van der Waals surface area contributed by atoms with E-state index in [1.165, 1.54) is 5.56 Å². The highest BCUT2D eigenvalue weighted by Gasteiger charge is 2.10. The average molecular weight is 409 g/mol. The van der Waals surface area contributed by atoms with Gasteiger partial charge < -0.3 is 10.5 Å². The van der Waals surface area contributed by atoms with E-state index in [1.807, 2.05) is 48.5 Å². The number of nitrogen functional groups attached to an aromatic ring is 1. The summed E-state index contributed by atoms with van der Waals surface area (Å²) in [5.41, 5.74) is 12.3. The summed E-state index contributed by atoms with van der Waals surface area (Å²) in [6, 6.07) is 26.9. The van der Waals surface area contributed by atoms with Gasteiger partial charge in [0.25, 0.3) is 5.91 Å². The van der Waals surface area contributed by atoms with Crippen molar-refractivity contribution in [3.63, 3.8) is 0 Å².